The molecule has 0 bridgehead atoms. The van der Waals surface area contributed by atoms with Gasteiger partial charge in [0, 0.05) is 46.0 Å². The van der Waals surface area contributed by atoms with Crippen LogP contribution in [0.2, 0.25) is 0 Å². The van der Waals surface area contributed by atoms with E-state index in [0.717, 1.165) is 22.7 Å². The highest BCUT2D eigenvalue weighted by Gasteiger charge is 2.50. The Morgan fingerprint density at radius 2 is 0.917 bits per heavy atom. The summed E-state index contributed by atoms with van der Waals surface area (Å²) >= 11 is 0. The van der Waals surface area contributed by atoms with Crippen LogP contribution < -0.4 is 9.80 Å². The molecule has 0 radical (unpaired) electrons. The van der Waals surface area contributed by atoms with Crippen LogP contribution in [0.5, 0.6) is 11.5 Å². The number of anilines is 5. The number of carbonyl (C=O) groups excluding carboxylic acids is 1. The summed E-state index contributed by atoms with van der Waals surface area (Å²) in [4.78, 5) is 17.4. The minimum absolute atomic E-state index is 0.137. The van der Waals surface area contributed by atoms with Crippen molar-refractivity contribution >= 4 is 34.2 Å². The average Bonchev–Trinajstić information content (AvgIpc) is 3.10. The van der Waals surface area contributed by atoms with Crippen LogP contribution in [0.25, 0.3) is 0 Å². The van der Waals surface area contributed by atoms with E-state index in [1.807, 2.05) is 131 Å². The fourth-order valence-corrected chi connectivity index (χ4v) is 6.51. The van der Waals surface area contributed by atoms with Gasteiger partial charge in [0.2, 0.25) is 0 Å². The molecule has 238 valence electrons. The Hall–Kier alpha value is -6.25. The van der Waals surface area contributed by atoms with Gasteiger partial charge in [0.05, 0.1) is 29.3 Å². The summed E-state index contributed by atoms with van der Waals surface area (Å²) in [6, 6.07) is 40.0. The van der Waals surface area contributed by atoms with E-state index in [2.05, 4.69) is 0 Å². The molecule has 0 amide bonds. The Kier molecular flexibility index (Phi) is 7.92. The van der Waals surface area contributed by atoms with Crippen LogP contribution in [-0.2, 0) is 4.79 Å². The molecular formula is C40H32N2O6. The SMILES string of the molecule is O=C1C(=C2C(O)=CC(N(c3ccccc3)c3ccccc3)C=C2O)C(O)C1c1c(O)cc(N(c2ccccc2)c2ccccc2)cc1O. The summed E-state index contributed by atoms with van der Waals surface area (Å²) in [5, 5.41) is 56.1. The zero-order chi connectivity index (χ0) is 33.4. The number of para-hydroxylation sites is 4. The lowest BCUT2D eigenvalue weighted by molar-refractivity contribution is -0.126. The smallest absolute Gasteiger partial charge is 0.173 e. The van der Waals surface area contributed by atoms with E-state index in [9.17, 15) is 30.3 Å². The molecule has 5 aromatic carbocycles. The number of hydrogen-bond donors (Lipinski definition) is 5. The largest absolute Gasteiger partial charge is 0.507 e. The van der Waals surface area contributed by atoms with Gasteiger partial charge in [-0.05, 0) is 60.7 Å². The van der Waals surface area contributed by atoms with Crippen molar-refractivity contribution < 1.29 is 30.3 Å². The molecule has 48 heavy (non-hydrogen) atoms. The van der Waals surface area contributed by atoms with Gasteiger partial charge in [-0.25, -0.2) is 0 Å². The van der Waals surface area contributed by atoms with Gasteiger partial charge in [-0.15, -0.1) is 0 Å². The Balaban J connectivity index is 1.22. The summed E-state index contributed by atoms with van der Waals surface area (Å²) in [7, 11) is 0. The molecule has 2 atom stereocenters. The van der Waals surface area contributed by atoms with E-state index < -0.39 is 23.8 Å². The van der Waals surface area contributed by atoms with Crippen molar-refractivity contribution in [3.8, 4) is 11.5 Å². The second kappa shape index (κ2) is 12.5. The quantitative estimate of drug-likeness (QED) is 0.114. The average molecular weight is 637 g/mol. The van der Waals surface area contributed by atoms with Gasteiger partial charge in [0.1, 0.15) is 23.0 Å². The van der Waals surface area contributed by atoms with E-state index in [4.69, 9.17) is 0 Å². The van der Waals surface area contributed by atoms with Gasteiger partial charge in [-0.2, -0.15) is 0 Å². The zero-order valence-electron chi connectivity index (χ0n) is 25.6. The van der Waals surface area contributed by atoms with E-state index in [-0.39, 0.29) is 39.7 Å². The fourth-order valence-electron chi connectivity index (χ4n) is 6.51. The number of carbonyl (C=O) groups is 1. The first-order chi connectivity index (χ1) is 23.3. The third-order valence-corrected chi connectivity index (χ3v) is 8.68. The standard InChI is InChI=1S/C40H32N2O6/c43-31-21-29(41(25-13-5-1-6-14-25)26-15-7-2-8-16-26)22-32(44)35(31)37-39(47)38(40(37)48)36-33(45)23-30(24-34(36)46)42(27-17-9-3-10-18-27)28-19-11-4-12-20-28/h1-24,29,38-39,43-47H. The van der Waals surface area contributed by atoms with Crippen LogP contribution in [0.1, 0.15) is 11.5 Å². The van der Waals surface area contributed by atoms with Crippen molar-refractivity contribution in [3.05, 3.63) is 174 Å². The fraction of sp³-hybridized carbons (Fsp3) is 0.0750. The first kappa shape index (κ1) is 30.4. The molecule has 8 nitrogen and oxygen atoms in total. The van der Waals surface area contributed by atoms with Gasteiger partial charge in [-0.1, -0.05) is 72.8 Å². The number of ketones is 1. The monoisotopic (exact) mass is 636 g/mol. The predicted molar refractivity (Wildman–Crippen MR) is 185 cm³/mol. The van der Waals surface area contributed by atoms with Gasteiger partial charge in [0.15, 0.2) is 5.78 Å². The van der Waals surface area contributed by atoms with Crippen LogP contribution in [0.3, 0.4) is 0 Å². The van der Waals surface area contributed by atoms with Crippen LogP contribution in [0.4, 0.5) is 28.4 Å². The number of rotatable bonds is 7. The highest BCUT2D eigenvalue weighted by atomic mass is 16.3. The number of Topliss-reactive ketones (excluding diaryl/α,β-unsaturated/α-hetero) is 1. The number of phenolic OH excluding ortho intramolecular Hbond substituents is 2. The molecule has 0 aliphatic heterocycles. The normalized spacial score (nSPS) is 18.9. The number of aromatic hydroxyl groups is 2. The summed E-state index contributed by atoms with van der Waals surface area (Å²) in [5.74, 6) is -3.46. The summed E-state index contributed by atoms with van der Waals surface area (Å²) in [6.07, 6.45) is 1.48. The number of phenols is 2. The third kappa shape index (κ3) is 5.34. The summed E-state index contributed by atoms with van der Waals surface area (Å²) < 4.78 is 0. The van der Waals surface area contributed by atoms with Crippen molar-refractivity contribution in [2.75, 3.05) is 9.80 Å². The van der Waals surface area contributed by atoms with Crippen LogP contribution in [-0.4, -0.2) is 43.5 Å². The Morgan fingerprint density at radius 1 is 0.521 bits per heavy atom. The lowest BCUT2D eigenvalue weighted by atomic mass is 9.68. The molecule has 2 unspecified atom stereocenters. The maximum absolute atomic E-state index is 13.6. The van der Waals surface area contributed by atoms with E-state index in [1.165, 1.54) is 24.3 Å². The molecule has 2 aliphatic carbocycles. The van der Waals surface area contributed by atoms with Crippen molar-refractivity contribution in [2.24, 2.45) is 0 Å². The molecule has 1 saturated carbocycles. The number of aliphatic hydroxyl groups excluding tert-OH is 3. The van der Waals surface area contributed by atoms with Crippen molar-refractivity contribution in [1.82, 2.24) is 0 Å². The topological polar surface area (TPSA) is 125 Å². The van der Waals surface area contributed by atoms with Crippen molar-refractivity contribution in [3.63, 3.8) is 0 Å². The molecule has 8 heteroatoms. The molecule has 5 aromatic rings. The minimum Gasteiger partial charge on any atom is -0.507 e. The van der Waals surface area contributed by atoms with Gasteiger partial charge in [0.25, 0.3) is 0 Å². The first-order valence-electron chi connectivity index (χ1n) is 15.5. The molecule has 7 rings (SSSR count). The van der Waals surface area contributed by atoms with E-state index in [0.29, 0.717) is 5.69 Å². The van der Waals surface area contributed by atoms with E-state index in [1.54, 1.807) is 0 Å². The number of hydrogen-bond acceptors (Lipinski definition) is 8. The highest BCUT2D eigenvalue weighted by molar-refractivity contribution is 6.11. The Labute approximate surface area is 277 Å². The molecular weight excluding hydrogens is 604 g/mol. The lowest BCUT2D eigenvalue weighted by Gasteiger charge is -2.38. The predicted octanol–water partition coefficient (Wildman–Crippen LogP) is 8.00. The minimum atomic E-state index is -1.52. The van der Waals surface area contributed by atoms with Crippen molar-refractivity contribution in [1.29, 1.82) is 0 Å². The molecule has 5 N–H and O–H groups in total. The van der Waals surface area contributed by atoms with Gasteiger partial charge >= 0.3 is 0 Å². The number of benzene rings is 5. The zero-order valence-corrected chi connectivity index (χ0v) is 25.6. The highest BCUT2D eigenvalue weighted by Crippen LogP contribution is 2.50. The lowest BCUT2D eigenvalue weighted by Crippen LogP contribution is -2.45. The second-order valence-electron chi connectivity index (χ2n) is 11.6. The first-order valence-corrected chi connectivity index (χ1v) is 15.5. The van der Waals surface area contributed by atoms with E-state index >= 15 is 0 Å². The molecule has 2 aliphatic rings. The molecule has 0 heterocycles. The third-order valence-electron chi connectivity index (χ3n) is 8.68. The molecule has 1 fully saturated rings. The van der Waals surface area contributed by atoms with Crippen LogP contribution in [0, 0.1) is 0 Å². The van der Waals surface area contributed by atoms with Gasteiger partial charge < -0.3 is 35.3 Å². The Morgan fingerprint density at radius 3 is 1.31 bits per heavy atom. The second-order valence-corrected chi connectivity index (χ2v) is 11.6. The maximum Gasteiger partial charge on any atom is 0.173 e. The molecule has 0 saturated heterocycles. The van der Waals surface area contributed by atoms with Crippen molar-refractivity contribution in [2.45, 2.75) is 18.1 Å². The molecule has 0 aromatic heterocycles. The maximum atomic E-state index is 13.6. The molecule has 0 spiro atoms. The van der Waals surface area contributed by atoms with Crippen LogP contribution >= 0.6 is 0 Å². The van der Waals surface area contributed by atoms with Gasteiger partial charge in [-0.3, -0.25) is 4.79 Å². The summed E-state index contributed by atoms with van der Waals surface area (Å²) in [5.41, 5.74) is 3.09. The Bertz CT molecular complexity index is 1940. The summed E-state index contributed by atoms with van der Waals surface area (Å²) in [6.45, 7) is 0. The number of nitrogens with zero attached hydrogens (tertiary/aromatic N) is 2. The van der Waals surface area contributed by atoms with Crippen LogP contribution in [0.15, 0.2) is 168 Å². The number of aliphatic hydroxyl groups is 3.